The zero-order chi connectivity index (χ0) is 67.6. The number of piperidine rings is 1. The SMILES string of the molecule is COc1ccc(CC[C@H](OC(=O)[C@H]2CCCCN2C(=O)[C@H](c2cc(OC)c(OC)c(OC)c2)C2CCCCC2)c2cccc(OCc3cn(CCOCCOCC(=O)N[C@H](C(=O)N4C[C@H](O)C[C@H]4C(=O)NCc4ccc(-c5scnc5C)cc4)C(C)(C)C)nn3)c2)cc1OC. The average molecular weight is 1330 g/mol. The third-order valence-corrected chi connectivity index (χ3v) is 18.9. The Morgan fingerprint density at radius 2 is 1.45 bits per heavy atom. The molecule has 4 aromatic carbocycles. The minimum Gasteiger partial charge on any atom is -0.493 e. The third-order valence-electron chi connectivity index (χ3n) is 17.9. The maximum absolute atomic E-state index is 15.3. The Bertz CT molecular complexity index is 3510. The van der Waals surface area contributed by atoms with Gasteiger partial charge < -0.3 is 68.2 Å². The molecule has 1 saturated carbocycles. The number of carbonyl (C=O) groups excluding carboxylic acids is 5. The molecule has 6 aromatic rings. The van der Waals surface area contributed by atoms with Crippen molar-refractivity contribution < 1.29 is 71.7 Å². The van der Waals surface area contributed by atoms with Gasteiger partial charge in [-0.15, -0.1) is 16.4 Å². The number of aliphatic hydroxyl groups excluding tert-OH is 1. The van der Waals surface area contributed by atoms with E-state index in [1.54, 1.807) is 62.7 Å². The molecule has 2 aliphatic heterocycles. The highest BCUT2D eigenvalue weighted by atomic mass is 32.1. The largest absolute Gasteiger partial charge is 0.493 e. The van der Waals surface area contributed by atoms with Gasteiger partial charge in [0.1, 0.15) is 48.9 Å². The molecule has 4 heterocycles. The molecule has 23 nitrogen and oxygen atoms in total. The summed E-state index contributed by atoms with van der Waals surface area (Å²) in [7, 11) is 7.86. The van der Waals surface area contributed by atoms with Crippen LogP contribution in [0.5, 0.6) is 34.5 Å². The fraction of sp³-hybridized carbons (Fsp3) is 0.521. The number of esters is 1. The summed E-state index contributed by atoms with van der Waals surface area (Å²) < 4.78 is 54.3. The first-order valence-electron chi connectivity index (χ1n) is 32.7. The normalized spacial score (nSPS) is 17.7. The summed E-state index contributed by atoms with van der Waals surface area (Å²) >= 11 is 1.56. The molecule has 0 radical (unpaired) electrons. The van der Waals surface area contributed by atoms with E-state index in [0.29, 0.717) is 78.1 Å². The summed E-state index contributed by atoms with van der Waals surface area (Å²) in [5.74, 6) is 0.629. The van der Waals surface area contributed by atoms with Gasteiger partial charge >= 0.3 is 5.97 Å². The number of likely N-dealkylation sites (tertiary alicyclic amines) is 2. The van der Waals surface area contributed by atoms with Gasteiger partial charge in [0.15, 0.2) is 23.0 Å². The van der Waals surface area contributed by atoms with Crippen LogP contribution < -0.4 is 39.1 Å². The first-order valence-corrected chi connectivity index (χ1v) is 33.6. The maximum Gasteiger partial charge on any atom is 0.329 e. The van der Waals surface area contributed by atoms with E-state index in [4.69, 9.17) is 42.6 Å². The number of nitrogens with one attached hydrogen (secondary N) is 2. The van der Waals surface area contributed by atoms with Gasteiger partial charge in [-0.2, -0.15) is 0 Å². The van der Waals surface area contributed by atoms with Gasteiger partial charge in [0.05, 0.1) is 96.2 Å². The number of aromatic nitrogens is 4. The van der Waals surface area contributed by atoms with Crippen LogP contribution in [0.15, 0.2) is 90.6 Å². The molecule has 3 fully saturated rings. The van der Waals surface area contributed by atoms with Crippen LogP contribution >= 0.6 is 11.3 Å². The number of thiazole rings is 1. The molecule has 0 spiro atoms. The number of ether oxygens (including phenoxy) is 9. The monoisotopic (exact) mass is 1330 g/mol. The van der Waals surface area contributed by atoms with Crippen LogP contribution in [0.1, 0.15) is 131 Å². The zero-order valence-electron chi connectivity index (χ0n) is 56.1. The molecule has 9 rings (SSSR count). The molecule has 512 valence electrons. The Hall–Kier alpha value is -8.32. The molecule has 0 unspecified atom stereocenters. The smallest absolute Gasteiger partial charge is 0.329 e. The first kappa shape index (κ1) is 71.0. The number of aliphatic hydroxyl groups is 1. The van der Waals surface area contributed by atoms with E-state index in [1.165, 1.54) is 4.90 Å². The fourth-order valence-corrected chi connectivity index (χ4v) is 13.6. The predicted molar refractivity (Wildman–Crippen MR) is 356 cm³/mol. The van der Waals surface area contributed by atoms with Crippen LogP contribution in [0, 0.1) is 18.3 Å². The number of hydrogen-bond donors (Lipinski definition) is 3. The number of methoxy groups -OCH3 is 5. The standard InChI is InChI=1S/C71H92N8O15S/c1-45-65(95-44-73-45)49-25-21-47(22-26-49)39-72-67(82)56-38-53(80)41-79(56)69(84)66(71(2,3)4)74-62(81)43-92-33-32-91-31-30-77-40-52(75-76-77)42-93-54-19-15-18-50(35-54)57(27-23-46-24-28-58(86-5)59(34-46)87-6)94-70(85)55-20-13-14-29-78(55)68(83)63(48-16-11-10-12-17-48)51-36-60(88-7)64(90-9)61(37-51)89-8/h15,18-19,21-22,24-26,28,34-37,40,44,48,53,55-57,63,66,80H,10-14,16-17,20,23,27,29-33,38-39,41-43H2,1-9H3,(H,72,82)(H,74,81)/t53-,55-,56+,57+,63+,66-/m1/s1. The van der Waals surface area contributed by atoms with E-state index < -0.39 is 65.4 Å². The Kier molecular flexibility index (Phi) is 25.3. The van der Waals surface area contributed by atoms with Gasteiger partial charge in [0, 0.05) is 26.1 Å². The topological polar surface area (TPSA) is 263 Å². The Morgan fingerprint density at radius 1 is 0.737 bits per heavy atom. The molecule has 6 atom stereocenters. The number of hydrogen-bond acceptors (Lipinski definition) is 19. The summed E-state index contributed by atoms with van der Waals surface area (Å²) in [4.78, 5) is 79.6. The van der Waals surface area contributed by atoms with Crippen LogP contribution in [-0.2, 0) is 64.3 Å². The van der Waals surface area contributed by atoms with Crippen LogP contribution in [-0.4, -0.2) is 164 Å². The molecular formula is C71H92N8O15S. The molecule has 2 saturated heterocycles. The Morgan fingerprint density at radius 3 is 2.15 bits per heavy atom. The molecule has 1 aliphatic carbocycles. The van der Waals surface area contributed by atoms with Crippen molar-refractivity contribution in [3.05, 3.63) is 124 Å². The third kappa shape index (κ3) is 18.6. The second-order valence-corrected chi connectivity index (χ2v) is 26.3. The van der Waals surface area contributed by atoms with Crippen molar-refractivity contribution in [3.63, 3.8) is 0 Å². The van der Waals surface area contributed by atoms with E-state index in [2.05, 4.69) is 25.9 Å². The number of rotatable bonds is 31. The van der Waals surface area contributed by atoms with Gasteiger partial charge in [-0.25, -0.2) is 14.5 Å². The lowest BCUT2D eigenvalue weighted by molar-refractivity contribution is -0.163. The molecular weight excluding hydrogens is 1240 g/mol. The second-order valence-electron chi connectivity index (χ2n) is 25.5. The highest BCUT2D eigenvalue weighted by Crippen LogP contribution is 2.46. The van der Waals surface area contributed by atoms with Gasteiger partial charge in [-0.05, 0) is 127 Å². The molecule has 0 bridgehead atoms. The van der Waals surface area contributed by atoms with E-state index in [9.17, 15) is 24.3 Å². The van der Waals surface area contributed by atoms with Crippen molar-refractivity contribution in [2.75, 3.05) is 75.1 Å². The second kappa shape index (κ2) is 33.9. The summed E-state index contributed by atoms with van der Waals surface area (Å²) in [5, 5.41) is 25.0. The minimum absolute atomic E-state index is 0.0434. The molecule has 3 N–H and O–H groups in total. The molecule has 24 heteroatoms. The van der Waals surface area contributed by atoms with Crippen LogP contribution in [0.2, 0.25) is 0 Å². The number of carbonyl (C=O) groups is 5. The lowest BCUT2D eigenvalue weighted by atomic mass is 9.75. The Balaban J connectivity index is 0.763. The highest BCUT2D eigenvalue weighted by molar-refractivity contribution is 7.13. The minimum atomic E-state index is -1.01. The van der Waals surface area contributed by atoms with Crippen molar-refractivity contribution in [3.8, 4) is 44.9 Å². The van der Waals surface area contributed by atoms with Crippen molar-refractivity contribution in [2.45, 2.75) is 154 Å². The molecule has 95 heavy (non-hydrogen) atoms. The predicted octanol–water partition coefficient (Wildman–Crippen LogP) is 9.14. The number of β-amino-alcohol motifs (C(OH)–C–C–N with tert-alkyl or cyclic N) is 1. The van der Waals surface area contributed by atoms with Gasteiger partial charge in [-0.3, -0.25) is 19.2 Å². The van der Waals surface area contributed by atoms with Crippen molar-refractivity contribution >= 4 is 40.9 Å². The maximum atomic E-state index is 15.3. The quantitative estimate of drug-likeness (QED) is 0.0270. The van der Waals surface area contributed by atoms with E-state index in [-0.39, 0.29) is 64.4 Å². The van der Waals surface area contributed by atoms with Gasteiger partial charge in [-0.1, -0.05) is 87.7 Å². The number of benzene rings is 4. The first-order chi connectivity index (χ1) is 45.9. The van der Waals surface area contributed by atoms with Crippen LogP contribution in [0.4, 0.5) is 0 Å². The fourth-order valence-electron chi connectivity index (χ4n) is 12.8. The summed E-state index contributed by atoms with van der Waals surface area (Å²) in [5.41, 5.74) is 6.92. The number of nitrogens with zero attached hydrogens (tertiary/aromatic N) is 6. The summed E-state index contributed by atoms with van der Waals surface area (Å²) in [6, 6.07) is 22.0. The van der Waals surface area contributed by atoms with Gasteiger partial charge in [0.2, 0.25) is 29.4 Å². The molecule has 2 aromatic heterocycles. The van der Waals surface area contributed by atoms with E-state index >= 15 is 4.79 Å². The Labute approximate surface area is 560 Å². The number of amides is 4. The van der Waals surface area contributed by atoms with Crippen LogP contribution in [0.25, 0.3) is 10.4 Å². The van der Waals surface area contributed by atoms with Crippen molar-refractivity contribution in [2.24, 2.45) is 11.3 Å². The van der Waals surface area contributed by atoms with Crippen molar-refractivity contribution in [1.82, 2.24) is 40.4 Å². The average Bonchev–Trinajstić information content (AvgIpc) is 1.55. The highest BCUT2D eigenvalue weighted by Gasteiger charge is 2.45. The van der Waals surface area contributed by atoms with Crippen molar-refractivity contribution in [1.29, 1.82) is 0 Å². The number of aryl methyl sites for hydroxylation is 2. The van der Waals surface area contributed by atoms with Gasteiger partial charge in [0.25, 0.3) is 0 Å². The lowest BCUT2D eigenvalue weighted by Gasteiger charge is -2.40. The molecule has 3 aliphatic rings. The lowest BCUT2D eigenvalue weighted by Crippen LogP contribution is -2.58. The molecule has 4 amide bonds. The zero-order valence-corrected chi connectivity index (χ0v) is 56.9. The van der Waals surface area contributed by atoms with Crippen LogP contribution in [0.3, 0.4) is 0 Å². The van der Waals surface area contributed by atoms with E-state index in [0.717, 1.165) is 77.8 Å². The summed E-state index contributed by atoms with van der Waals surface area (Å²) in [6.45, 7) is 8.69. The summed E-state index contributed by atoms with van der Waals surface area (Å²) in [6.07, 6.45) is 7.99. The van der Waals surface area contributed by atoms with E-state index in [1.807, 2.05) is 112 Å².